The number of carbonyl (C=O) groups excluding carboxylic acids is 1. The van der Waals surface area contributed by atoms with Crippen LogP contribution in [-0.4, -0.2) is 51.1 Å². The van der Waals surface area contributed by atoms with Gasteiger partial charge in [0.15, 0.2) is 5.76 Å². The van der Waals surface area contributed by atoms with Gasteiger partial charge in [0.2, 0.25) is 0 Å². The highest BCUT2D eigenvalue weighted by Crippen LogP contribution is 2.30. The number of hydrogen-bond donors (Lipinski definition) is 1. The Morgan fingerprint density at radius 2 is 1.83 bits per heavy atom. The van der Waals surface area contributed by atoms with Gasteiger partial charge in [0.25, 0.3) is 5.91 Å². The van der Waals surface area contributed by atoms with E-state index in [9.17, 15) is 4.79 Å². The molecule has 0 bridgehead atoms. The van der Waals surface area contributed by atoms with Crippen molar-refractivity contribution in [1.29, 1.82) is 0 Å². The molecule has 0 unspecified atom stereocenters. The van der Waals surface area contributed by atoms with Crippen molar-refractivity contribution in [3.05, 3.63) is 53.3 Å². The Kier molecular flexibility index (Phi) is 5.20. The van der Waals surface area contributed by atoms with Crippen molar-refractivity contribution in [2.75, 3.05) is 50.6 Å². The minimum absolute atomic E-state index is 0.242. The van der Waals surface area contributed by atoms with Crippen molar-refractivity contribution >= 4 is 28.3 Å². The van der Waals surface area contributed by atoms with E-state index in [-0.39, 0.29) is 5.91 Å². The predicted octanol–water partition coefficient (Wildman–Crippen LogP) is 4.06. The Bertz CT molecular complexity index is 1050. The lowest BCUT2D eigenvalue weighted by molar-refractivity contribution is 0.0998. The summed E-state index contributed by atoms with van der Waals surface area (Å²) < 4.78 is 11.1. The molecule has 0 atom stereocenters. The number of rotatable bonds is 4. The summed E-state index contributed by atoms with van der Waals surface area (Å²) in [5, 5.41) is 3.89. The van der Waals surface area contributed by atoms with E-state index in [2.05, 4.69) is 34.3 Å². The molecule has 152 valence electrons. The Labute approximate surface area is 171 Å². The van der Waals surface area contributed by atoms with Crippen LogP contribution in [0.4, 0.5) is 11.4 Å². The summed E-state index contributed by atoms with van der Waals surface area (Å²) in [6.45, 7) is 8.07. The lowest BCUT2D eigenvalue weighted by Gasteiger charge is -2.34. The second-order valence-corrected chi connectivity index (χ2v) is 7.66. The number of hydrogen-bond acceptors (Lipinski definition) is 5. The van der Waals surface area contributed by atoms with Crippen LogP contribution in [0.5, 0.6) is 5.75 Å². The van der Waals surface area contributed by atoms with Crippen molar-refractivity contribution < 1.29 is 13.9 Å². The fraction of sp³-hybridized carbons (Fsp3) is 0.348. The SMILES string of the molecule is COc1ccc2oc(C(=O)Nc3ccc(N4CCN(C)CC4)cc3C)c(C)c2c1. The second-order valence-electron chi connectivity index (χ2n) is 7.66. The van der Waals surface area contributed by atoms with Crippen LogP contribution >= 0.6 is 0 Å². The molecule has 1 fully saturated rings. The minimum Gasteiger partial charge on any atom is -0.497 e. The summed E-state index contributed by atoms with van der Waals surface area (Å²) in [5.41, 5.74) is 4.51. The number of nitrogens with one attached hydrogen (secondary N) is 1. The van der Waals surface area contributed by atoms with E-state index >= 15 is 0 Å². The van der Waals surface area contributed by atoms with E-state index in [0.717, 1.165) is 54.1 Å². The topological polar surface area (TPSA) is 58.0 Å². The van der Waals surface area contributed by atoms with E-state index in [4.69, 9.17) is 9.15 Å². The minimum atomic E-state index is -0.242. The van der Waals surface area contributed by atoms with E-state index in [1.165, 1.54) is 5.69 Å². The molecule has 2 heterocycles. The maximum Gasteiger partial charge on any atom is 0.291 e. The highest BCUT2D eigenvalue weighted by molar-refractivity contribution is 6.07. The molecule has 1 amide bonds. The molecule has 29 heavy (non-hydrogen) atoms. The number of amides is 1. The van der Waals surface area contributed by atoms with Crippen LogP contribution in [-0.2, 0) is 0 Å². The first-order valence-electron chi connectivity index (χ1n) is 9.89. The number of ether oxygens (including phenoxy) is 1. The third kappa shape index (κ3) is 3.80. The van der Waals surface area contributed by atoms with Gasteiger partial charge in [0.05, 0.1) is 7.11 Å². The van der Waals surface area contributed by atoms with E-state index in [1.54, 1.807) is 7.11 Å². The zero-order valence-electron chi connectivity index (χ0n) is 17.4. The molecule has 0 aliphatic carbocycles. The molecule has 4 rings (SSSR count). The number of piperazine rings is 1. The molecule has 2 aromatic carbocycles. The van der Waals surface area contributed by atoms with Crippen LogP contribution < -0.4 is 15.0 Å². The molecule has 1 aromatic heterocycles. The van der Waals surface area contributed by atoms with Gasteiger partial charge in [-0.2, -0.15) is 0 Å². The monoisotopic (exact) mass is 393 g/mol. The zero-order chi connectivity index (χ0) is 20.5. The molecule has 1 N–H and O–H groups in total. The van der Waals surface area contributed by atoms with Crippen LogP contribution in [0.1, 0.15) is 21.7 Å². The first-order chi connectivity index (χ1) is 14.0. The molecule has 6 heteroatoms. The highest BCUT2D eigenvalue weighted by atomic mass is 16.5. The Morgan fingerprint density at radius 3 is 2.52 bits per heavy atom. The molecule has 3 aromatic rings. The summed E-state index contributed by atoms with van der Waals surface area (Å²) in [7, 11) is 3.77. The largest absolute Gasteiger partial charge is 0.497 e. The van der Waals surface area contributed by atoms with E-state index in [0.29, 0.717) is 11.3 Å². The Hall–Kier alpha value is -2.99. The summed E-state index contributed by atoms with van der Waals surface area (Å²) in [6.07, 6.45) is 0. The van der Waals surface area contributed by atoms with Crippen LogP contribution in [0.15, 0.2) is 40.8 Å². The van der Waals surface area contributed by atoms with Gasteiger partial charge in [-0.05, 0) is 62.9 Å². The Morgan fingerprint density at radius 1 is 1.07 bits per heavy atom. The molecule has 1 saturated heterocycles. The lowest BCUT2D eigenvalue weighted by Crippen LogP contribution is -2.44. The summed E-state index contributed by atoms with van der Waals surface area (Å²) in [5.74, 6) is 0.826. The van der Waals surface area contributed by atoms with Gasteiger partial charge in [-0.3, -0.25) is 4.79 Å². The third-order valence-corrected chi connectivity index (χ3v) is 5.68. The van der Waals surface area contributed by atoms with Crippen LogP contribution in [0.3, 0.4) is 0 Å². The molecular formula is C23H27N3O3. The summed E-state index contributed by atoms with van der Waals surface area (Å²) in [6, 6.07) is 11.7. The highest BCUT2D eigenvalue weighted by Gasteiger charge is 2.20. The number of anilines is 2. The van der Waals surface area contributed by atoms with E-state index < -0.39 is 0 Å². The first-order valence-corrected chi connectivity index (χ1v) is 9.89. The van der Waals surface area contributed by atoms with Crippen LogP contribution in [0.2, 0.25) is 0 Å². The first kappa shape index (κ1) is 19.3. The number of aryl methyl sites for hydroxylation is 2. The number of likely N-dealkylation sites (N-methyl/N-ethyl adjacent to an activating group) is 1. The number of carbonyl (C=O) groups is 1. The average Bonchev–Trinajstić information content (AvgIpc) is 3.06. The number of fused-ring (bicyclic) bond motifs is 1. The molecule has 0 spiro atoms. The molecule has 6 nitrogen and oxygen atoms in total. The van der Waals surface area contributed by atoms with Gasteiger partial charge < -0.3 is 24.3 Å². The normalized spacial score (nSPS) is 15.0. The quantitative estimate of drug-likeness (QED) is 0.724. The average molecular weight is 393 g/mol. The number of benzene rings is 2. The van der Waals surface area contributed by atoms with Crippen LogP contribution in [0, 0.1) is 13.8 Å². The van der Waals surface area contributed by atoms with Crippen molar-refractivity contribution in [1.82, 2.24) is 4.90 Å². The maximum atomic E-state index is 12.9. The predicted molar refractivity (Wildman–Crippen MR) is 116 cm³/mol. The molecule has 1 aliphatic rings. The van der Waals surface area contributed by atoms with Gasteiger partial charge in [-0.25, -0.2) is 0 Å². The fourth-order valence-electron chi connectivity index (χ4n) is 3.77. The smallest absolute Gasteiger partial charge is 0.291 e. The van der Waals surface area contributed by atoms with Crippen molar-refractivity contribution in [2.24, 2.45) is 0 Å². The third-order valence-electron chi connectivity index (χ3n) is 5.68. The fourth-order valence-corrected chi connectivity index (χ4v) is 3.77. The Balaban J connectivity index is 1.54. The number of methoxy groups -OCH3 is 1. The van der Waals surface area contributed by atoms with Gasteiger partial charge >= 0.3 is 0 Å². The zero-order valence-corrected chi connectivity index (χ0v) is 17.4. The lowest BCUT2D eigenvalue weighted by atomic mass is 10.1. The number of furan rings is 1. The van der Waals surface area contributed by atoms with Gasteiger partial charge in [0, 0.05) is 48.5 Å². The molecule has 1 aliphatic heterocycles. The van der Waals surface area contributed by atoms with E-state index in [1.807, 2.05) is 38.1 Å². The maximum absolute atomic E-state index is 12.9. The summed E-state index contributed by atoms with van der Waals surface area (Å²) in [4.78, 5) is 17.6. The van der Waals surface area contributed by atoms with Crippen molar-refractivity contribution in [3.63, 3.8) is 0 Å². The van der Waals surface area contributed by atoms with Gasteiger partial charge in [-0.15, -0.1) is 0 Å². The number of nitrogens with zero attached hydrogens (tertiary/aromatic N) is 2. The molecular weight excluding hydrogens is 366 g/mol. The van der Waals surface area contributed by atoms with Gasteiger partial charge in [0.1, 0.15) is 11.3 Å². The van der Waals surface area contributed by atoms with Gasteiger partial charge in [-0.1, -0.05) is 0 Å². The standard InChI is InChI=1S/C23H27N3O3/c1-15-13-17(26-11-9-25(3)10-12-26)5-7-20(15)24-23(27)22-16(2)19-14-18(28-4)6-8-21(19)29-22/h5-8,13-14H,9-12H2,1-4H3,(H,24,27). The summed E-state index contributed by atoms with van der Waals surface area (Å²) >= 11 is 0. The molecule has 0 radical (unpaired) electrons. The molecule has 0 saturated carbocycles. The van der Waals surface area contributed by atoms with Crippen molar-refractivity contribution in [3.8, 4) is 5.75 Å². The van der Waals surface area contributed by atoms with Crippen LogP contribution in [0.25, 0.3) is 11.0 Å². The second kappa shape index (κ2) is 7.79. The van der Waals surface area contributed by atoms with Crippen molar-refractivity contribution in [2.45, 2.75) is 13.8 Å².